The van der Waals surface area contributed by atoms with Crippen LogP contribution in [0, 0.1) is 6.92 Å². The molecule has 0 spiro atoms. The molecule has 0 saturated carbocycles. The second kappa shape index (κ2) is 9.99. The van der Waals surface area contributed by atoms with Crippen LogP contribution in [0.25, 0.3) is 0 Å². The number of aliphatic imine (C=N–C) groups is 1. The van der Waals surface area contributed by atoms with Gasteiger partial charge in [-0.1, -0.05) is 30.3 Å². The predicted octanol–water partition coefficient (Wildman–Crippen LogP) is 2.69. The van der Waals surface area contributed by atoms with Crippen molar-refractivity contribution in [2.24, 2.45) is 4.99 Å². The lowest BCUT2D eigenvalue weighted by Gasteiger charge is -2.17. The maximum atomic E-state index is 5.97. The summed E-state index contributed by atoms with van der Waals surface area (Å²) >= 11 is 0. The van der Waals surface area contributed by atoms with Crippen LogP contribution in [0.15, 0.2) is 47.5 Å². The summed E-state index contributed by atoms with van der Waals surface area (Å²) in [7, 11) is 3.44. The molecule has 1 aliphatic heterocycles. The van der Waals surface area contributed by atoms with Gasteiger partial charge in [0.05, 0.1) is 13.2 Å². The number of guanidine groups is 1. The first-order valence-corrected chi connectivity index (χ1v) is 9.60. The maximum absolute atomic E-state index is 5.97. The van der Waals surface area contributed by atoms with E-state index in [1.165, 1.54) is 5.56 Å². The number of ether oxygens (including phenoxy) is 3. The summed E-state index contributed by atoms with van der Waals surface area (Å²) < 4.78 is 16.9. The Balaban J connectivity index is 1.50. The van der Waals surface area contributed by atoms with E-state index in [9.17, 15) is 0 Å². The number of hydrogen-bond donors (Lipinski definition) is 2. The Bertz CT molecular complexity index is 782. The van der Waals surface area contributed by atoms with Crippen molar-refractivity contribution >= 4 is 5.96 Å². The molecule has 3 rings (SSSR count). The van der Waals surface area contributed by atoms with Crippen molar-refractivity contribution in [3.63, 3.8) is 0 Å². The summed E-state index contributed by atoms with van der Waals surface area (Å²) in [6, 6.07) is 14.4. The molecule has 1 atom stereocenters. The average molecular weight is 383 g/mol. The SMILES string of the molecule is CN=C(NCc1ccc(C)cc1OCCOC)NCC1Cc2ccccc2O1. The molecule has 2 aromatic rings. The lowest BCUT2D eigenvalue weighted by molar-refractivity contribution is 0.145. The summed E-state index contributed by atoms with van der Waals surface area (Å²) in [5.41, 5.74) is 3.50. The first-order valence-electron chi connectivity index (χ1n) is 9.60. The summed E-state index contributed by atoms with van der Waals surface area (Å²) in [6.07, 6.45) is 1.03. The van der Waals surface area contributed by atoms with Crippen LogP contribution in [-0.4, -0.2) is 46.0 Å². The molecule has 1 unspecified atom stereocenters. The number of fused-ring (bicyclic) bond motifs is 1. The fraction of sp³-hybridized carbons (Fsp3) is 0.409. The molecule has 2 aromatic carbocycles. The van der Waals surface area contributed by atoms with E-state index in [1.54, 1.807) is 14.2 Å². The van der Waals surface area contributed by atoms with Crippen molar-refractivity contribution in [3.8, 4) is 11.5 Å². The Morgan fingerprint density at radius 2 is 2.04 bits per heavy atom. The molecular weight excluding hydrogens is 354 g/mol. The highest BCUT2D eigenvalue weighted by Gasteiger charge is 2.22. The number of nitrogens with zero attached hydrogens (tertiary/aromatic N) is 1. The van der Waals surface area contributed by atoms with Crippen LogP contribution in [0.2, 0.25) is 0 Å². The van der Waals surface area contributed by atoms with Gasteiger partial charge in [0.2, 0.25) is 0 Å². The Kier molecular flexibility index (Phi) is 7.14. The van der Waals surface area contributed by atoms with E-state index in [1.807, 2.05) is 24.3 Å². The molecule has 0 aliphatic carbocycles. The Labute approximate surface area is 166 Å². The minimum atomic E-state index is 0.114. The maximum Gasteiger partial charge on any atom is 0.191 e. The fourth-order valence-electron chi connectivity index (χ4n) is 3.15. The molecule has 28 heavy (non-hydrogen) atoms. The molecule has 6 nitrogen and oxygen atoms in total. The molecule has 2 N–H and O–H groups in total. The van der Waals surface area contributed by atoms with Gasteiger partial charge in [0.15, 0.2) is 5.96 Å². The van der Waals surface area contributed by atoms with Crippen molar-refractivity contribution in [1.29, 1.82) is 0 Å². The van der Waals surface area contributed by atoms with Gasteiger partial charge in [0.1, 0.15) is 24.2 Å². The smallest absolute Gasteiger partial charge is 0.191 e. The Morgan fingerprint density at radius 3 is 2.82 bits per heavy atom. The highest BCUT2D eigenvalue weighted by molar-refractivity contribution is 5.79. The van der Waals surface area contributed by atoms with Crippen LogP contribution in [0.4, 0.5) is 0 Å². The van der Waals surface area contributed by atoms with E-state index >= 15 is 0 Å². The zero-order valence-electron chi connectivity index (χ0n) is 16.8. The summed E-state index contributed by atoms with van der Waals surface area (Å²) in [6.45, 7) is 4.46. The van der Waals surface area contributed by atoms with Crippen molar-refractivity contribution < 1.29 is 14.2 Å². The molecule has 0 fully saturated rings. The van der Waals surface area contributed by atoms with E-state index < -0.39 is 0 Å². The van der Waals surface area contributed by atoms with Gasteiger partial charge in [-0.2, -0.15) is 0 Å². The molecule has 6 heteroatoms. The molecule has 1 aliphatic rings. The molecule has 0 bridgehead atoms. The van der Waals surface area contributed by atoms with E-state index in [0.29, 0.717) is 26.3 Å². The molecule has 1 heterocycles. The monoisotopic (exact) mass is 383 g/mol. The first kappa shape index (κ1) is 20.0. The van der Waals surface area contributed by atoms with Gasteiger partial charge in [-0.05, 0) is 30.2 Å². The van der Waals surface area contributed by atoms with Crippen molar-refractivity contribution in [2.75, 3.05) is 33.9 Å². The quantitative estimate of drug-likeness (QED) is 0.417. The van der Waals surface area contributed by atoms with E-state index in [-0.39, 0.29) is 6.10 Å². The van der Waals surface area contributed by atoms with Crippen molar-refractivity contribution in [3.05, 3.63) is 59.2 Å². The Morgan fingerprint density at radius 1 is 1.18 bits per heavy atom. The number of methoxy groups -OCH3 is 1. The minimum absolute atomic E-state index is 0.114. The van der Waals surface area contributed by atoms with Gasteiger partial charge in [0.25, 0.3) is 0 Å². The van der Waals surface area contributed by atoms with Gasteiger partial charge in [-0.3, -0.25) is 4.99 Å². The lowest BCUT2D eigenvalue weighted by Crippen LogP contribution is -2.42. The third kappa shape index (κ3) is 5.39. The first-order chi connectivity index (χ1) is 13.7. The lowest BCUT2D eigenvalue weighted by atomic mass is 10.1. The van der Waals surface area contributed by atoms with Crippen LogP contribution in [0.5, 0.6) is 11.5 Å². The van der Waals surface area contributed by atoms with Gasteiger partial charge in [-0.25, -0.2) is 0 Å². The van der Waals surface area contributed by atoms with Crippen LogP contribution >= 0.6 is 0 Å². The van der Waals surface area contributed by atoms with Crippen LogP contribution < -0.4 is 20.1 Å². The number of para-hydroxylation sites is 1. The van der Waals surface area contributed by atoms with Crippen LogP contribution in [0.3, 0.4) is 0 Å². The van der Waals surface area contributed by atoms with Gasteiger partial charge < -0.3 is 24.8 Å². The largest absolute Gasteiger partial charge is 0.491 e. The van der Waals surface area contributed by atoms with Crippen LogP contribution in [-0.2, 0) is 17.7 Å². The molecule has 0 aromatic heterocycles. The molecule has 0 amide bonds. The second-order valence-corrected chi connectivity index (χ2v) is 6.81. The number of nitrogens with one attached hydrogen (secondary N) is 2. The van der Waals surface area contributed by atoms with E-state index in [4.69, 9.17) is 14.2 Å². The average Bonchev–Trinajstić information content (AvgIpc) is 3.12. The highest BCUT2D eigenvalue weighted by Crippen LogP contribution is 2.27. The fourth-order valence-corrected chi connectivity index (χ4v) is 3.15. The summed E-state index contributed by atoms with van der Waals surface area (Å²) in [5.74, 6) is 2.59. The third-order valence-corrected chi connectivity index (χ3v) is 4.65. The van der Waals surface area contributed by atoms with E-state index in [2.05, 4.69) is 40.7 Å². The minimum Gasteiger partial charge on any atom is -0.491 e. The van der Waals surface area contributed by atoms with E-state index in [0.717, 1.165) is 35.0 Å². The highest BCUT2D eigenvalue weighted by atomic mass is 16.5. The summed E-state index contributed by atoms with van der Waals surface area (Å²) in [5, 5.41) is 6.71. The zero-order valence-corrected chi connectivity index (χ0v) is 16.8. The van der Waals surface area contributed by atoms with Crippen molar-refractivity contribution in [2.45, 2.75) is 26.0 Å². The van der Waals surface area contributed by atoms with Gasteiger partial charge in [0, 0.05) is 32.7 Å². The number of aryl methyl sites for hydroxylation is 1. The molecular formula is C22H29N3O3. The third-order valence-electron chi connectivity index (χ3n) is 4.65. The summed E-state index contributed by atoms with van der Waals surface area (Å²) in [4.78, 5) is 4.31. The van der Waals surface area contributed by atoms with Crippen molar-refractivity contribution in [1.82, 2.24) is 10.6 Å². The molecule has 0 saturated heterocycles. The topological polar surface area (TPSA) is 64.1 Å². The van der Waals surface area contributed by atoms with Gasteiger partial charge in [-0.15, -0.1) is 0 Å². The Hall–Kier alpha value is -2.73. The number of rotatable bonds is 8. The zero-order chi connectivity index (χ0) is 19.8. The van der Waals surface area contributed by atoms with Crippen LogP contribution in [0.1, 0.15) is 16.7 Å². The predicted molar refractivity (Wildman–Crippen MR) is 111 cm³/mol. The second-order valence-electron chi connectivity index (χ2n) is 6.81. The van der Waals surface area contributed by atoms with Gasteiger partial charge >= 0.3 is 0 Å². The normalized spacial score (nSPS) is 15.7. The number of hydrogen-bond acceptors (Lipinski definition) is 4. The molecule has 0 radical (unpaired) electrons. The molecule has 150 valence electrons. The standard InChI is InChI=1S/C22H29N3O3/c1-16-8-9-18(21(12-16)27-11-10-26-3)14-24-22(23-2)25-15-19-13-17-6-4-5-7-20(17)28-19/h4-9,12,19H,10-11,13-15H2,1-3H3,(H2,23,24,25). The number of benzene rings is 2.